The van der Waals surface area contributed by atoms with Crippen molar-refractivity contribution in [3.05, 3.63) is 42.2 Å². The van der Waals surface area contributed by atoms with E-state index in [2.05, 4.69) is 10.3 Å². The van der Waals surface area contributed by atoms with Crippen LogP contribution in [0.4, 0.5) is 4.39 Å². The topological polar surface area (TPSA) is 92.4 Å². The van der Waals surface area contributed by atoms with Gasteiger partial charge in [0, 0.05) is 19.4 Å². The molecule has 24 heavy (non-hydrogen) atoms. The summed E-state index contributed by atoms with van der Waals surface area (Å²) in [5.41, 5.74) is -0.464. The highest BCUT2D eigenvalue weighted by Gasteiger charge is 2.50. The van der Waals surface area contributed by atoms with E-state index in [0.717, 1.165) is 0 Å². The largest absolute Gasteiger partial charge is 0.481 e. The van der Waals surface area contributed by atoms with Crippen molar-refractivity contribution in [3.8, 4) is 11.3 Å². The lowest BCUT2D eigenvalue weighted by molar-refractivity contribution is -0.143. The SMILES string of the molecule is O=C(CCc1ncc(-c2ccccc2F)o1)NCC1(C(=O)O)CC1. The van der Waals surface area contributed by atoms with Crippen LogP contribution in [0.2, 0.25) is 0 Å². The van der Waals surface area contributed by atoms with Crippen molar-refractivity contribution in [3.63, 3.8) is 0 Å². The molecule has 0 atom stereocenters. The Balaban J connectivity index is 1.51. The zero-order valence-electron chi connectivity index (χ0n) is 12.9. The van der Waals surface area contributed by atoms with Gasteiger partial charge in [0.2, 0.25) is 5.91 Å². The summed E-state index contributed by atoms with van der Waals surface area (Å²) in [6.07, 6.45) is 3.01. The molecule has 0 saturated heterocycles. The van der Waals surface area contributed by atoms with Crippen molar-refractivity contribution < 1.29 is 23.5 Å². The number of halogens is 1. The lowest BCUT2D eigenvalue weighted by atomic mass is 10.1. The summed E-state index contributed by atoms with van der Waals surface area (Å²) >= 11 is 0. The number of carbonyl (C=O) groups excluding carboxylic acids is 1. The van der Waals surface area contributed by atoms with E-state index in [-0.39, 0.29) is 25.3 Å². The number of hydrogen-bond acceptors (Lipinski definition) is 4. The highest BCUT2D eigenvalue weighted by molar-refractivity contribution is 5.81. The van der Waals surface area contributed by atoms with E-state index in [9.17, 15) is 14.0 Å². The number of hydrogen-bond donors (Lipinski definition) is 2. The van der Waals surface area contributed by atoms with E-state index < -0.39 is 17.2 Å². The van der Waals surface area contributed by atoms with Gasteiger partial charge in [-0.15, -0.1) is 0 Å². The third-order valence-corrected chi connectivity index (χ3v) is 4.19. The second kappa shape index (κ2) is 6.43. The molecule has 1 aliphatic carbocycles. The van der Waals surface area contributed by atoms with Crippen molar-refractivity contribution in [1.29, 1.82) is 0 Å². The normalized spacial score (nSPS) is 15.0. The molecule has 1 amide bonds. The number of oxazole rings is 1. The first-order valence-corrected chi connectivity index (χ1v) is 7.70. The lowest BCUT2D eigenvalue weighted by Crippen LogP contribution is -2.34. The first-order chi connectivity index (χ1) is 11.5. The van der Waals surface area contributed by atoms with Crippen LogP contribution in [0.5, 0.6) is 0 Å². The minimum atomic E-state index is -0.870. The highest BCUT2D eigenvalue weighted by Crippen LogP contribution is 2.45. The van der Waals surface area contributed by atoms with Gasteiger partial charge >= 0.3 is 5.97 Å². The average molecular weight is 332 g/mol. The Morgan fingerprint density at radius 1 is 1.33 bits per heavy atom. The van der Waals surface area contributed by atoms with Crippen molar-refractivity contribution in [1.82, 2.24) is 10.3 Å². The number of aryl methyl sites for hydroxylation is 1. The van der Waals surface area contributed by atoms with Gasteiger partial charge in [-0.3, -0.25) is 9.59 Å². The second-order valence-electron chi connectivity index (χ2n) is 5.96. The third-order valence-electron chi connectivity index (χ3n) is 4.19. The number of carboxylic acid groups (broad SMARTS) is 1. The van der Waals surface area contributed by atoms with Crippen LogP contribution >= 0.6 is 0 Å². The third kappa shape index (κ3) is 3.45. The van der Waals surface area contributed by atoms with Crippen LogP contribution in [0.1, 0.15) is 25.2 Å². The molecule has 2 aromatic rings. The van der Waals surface area contributed by atoms with Crippen LogP contribution in [-0.2, 0) is 16.0 Å². The number of nitrogens with zero attached hydrogens (tertiary/aromatic N) is 1. The van der Waals surface area contributed by atoms with Crippen LogP contribution in [0.15, 0.2) is 34.9 Å². The fourth-order valence-corrected chi connectivity index (χ4v) is 2.41. The van der Waals surface area contributed by atoms with E-state index in [1.165, 1.54) is 12.3 Å². The average Bonchev–Trinajstić information content (AvgIpc) is 3.23. The monoisotopic (exact) mass is 332 g/mol. The Bertz CT molecular complexity index is 767. The summed E-state index contributed by atoms with van der Waals surface area (Å²) in [4.78, 5) is 26.9. The molecule has 0 bridgehead atoms. The van der Waals surface area contributed by atoms with Crippen LogP contribution < -0.4 is 5.32 Å². The number of benzene rings is 1. The van der Waals surface area contributed by atoms with Crippen LogP contribution in [0.25, 0.3) is 11.3 Å². The van der Waals surface area contributed by atoms with Crippen molar-refractivity contribution in [2.45, 2.75) is 25.7 Å². The molecule has 2 N–H and O–H groups in total. The molecule has 1 saturated carbocycles. The Morgan fingerprint density at radius 3 is 2.75 bits per heavy atom. The Kier molecular flexibility index (Phi) is 4.33. The first kappa shape index (κ1) is 16.2. The number of aromatic nitrogens is 1. The number of carbonyl (C=O) groups is 2. The molecule has 1 aromatic heterocycles. The zero-order chi connectivity index (χ0) is 17.2. The molecular weight excluding hydrogens is 315 g/mol. The quantitative estimate of drug-likeness (QED) is 0.812. The van der Waals surface area contributed by atoms with E-state index in [1.54, 1.807) is 18.2 Å². The summed E-state index contributed by atoms with van der Waals surface area (Å²) in [7, 11) is 0. The fraction of sp³-hybridized carbons (Fsp3) is 0.353. The maximum absolute atomic E-state index is 13.7. The van der Waals surface area contributed by atoms with E-state index in [0.29, 0.717) is 30.1 Å². The van der Waals surface area contributed by atoms with E-state index >= 15 is 0 Å². The molecule has 0 aliphatic heterocycles. The van der Waals surface area contributed by atoms with Gasteiger partial charge in [-0.2, -0.15) is 0 Å². The summed E-state index contributed by atoms with van der Waals surface area (Å²) in [6, 6.07) is 6.21. The lowest BCUT2D eigenvalue weighted by Gasteiger charge is -2.10. The van der Waals surface area contributed by atoms with Crippen LogP contribution in [-0.4, -0.2) is 28.5 Å². The molecule has 0 spiro atoms. The van der Waals surface area contributed by atoms with Gasteiger partial charge in [0.1, 0.15) is 5.82 Å². The van der Waals surface area contributed by atoms with Crippen molar-refractivity contribution in [2.24, 2.45) is 5.41 Å². The molecule has 1 fully saturated rings. The number of carboxylic acids is 1. The Labute approximate surface area is 137 Å². The summed E-state index contributed by atoms with van der Waals surface area (Å²) < 4.78 is 19.2. The predicted octanol–water partition coefficient (Wildman–Crippen LogP) is 2.39. The smallest absolute Gasteiger partial charge is 0.311 e. The molecule has 1 aliphatic rings. The van der Waals surface area contributed by atoms with Crippen LogP contribution in [0.3, 0.4) is 0 Å². The van der Waals surface area contributed by atoms with Gasteiger partial charge in [-0.1, -0.05) is 12.1 Å². The number of rotatable bonds is 7. The predicted molar refractivity (Wildman–Crippen MR) is 82.5 cm³/mol. The minimum Gasteiger partial charge on any atom is -0.481 e. The number of aliphatic carboxylic acids is 1. The molecule has 6 nitrogen and oxygen atoms in total. The molecule has 1 heterocycles. The molecule has 126 valence electrons. The standard InChI is InChI=1S/C17H17FN2O4/c18-12-4-2-1-3-11(12)13-9-19-15(24-13)6-5-14(21)20-10-17(7-8-17)16(22)23/h1-4,9H,5-8,10H2,(H,20,21)(H,22,23). The van der Waals surface area contributed by atoms with E-state index in [1.807, 2.05) is 0 Å². The highest BCUT2D eigenvalue weighted by atomic mass is 19.1. The number of nitrogens with one attached hydrogen (secondary N) is 1. The van der Waals surface area contributed by atoms with Gasteiger partial charge in [-0.25, -0.2) is 9.37 Å². The summed E-state index contributed by atoms with van der Waals surface area (Å²) in [5.74, 6) is -0.881. The van der Waals surface area contributed by atoms with Crippen molar-refractivity contribution >= 4 is 11.9 Å². The van der Waals surface area contributed by atoms with E-state index in [4.69, 9.17) is 9.52 Å². The van der Waals surface area contributed by atoms with Gasteiger partial charge in [-0.05, 0) is 25.0 Å². The maximum Gasteiger partial charge on any atom is 0.311 e. The molecule has 0 radical (unpaired) electrons. The minimum absolute atomic E-state index is 0.132. The second-order valence-corrected chi connectivity index (χ2v) is 5.96. The molecular formula is C17H17FN2O4. The fourth-order valence-electron chi connectivity index (χ4n) is 2.41. The Hall–Kier alpha value is -2.70. The summed E-state index contributed by atoms with van der Waals surface area (Å²) in [5, 5.41) is 11.7. The molecule has 0 unspecified atom stereocenters. The van der Waals surface area contributed by atoms with Crippen LogP contribution in [0, 0.1) is 11.2 Å². The first-order valence-electron chi connectivity index (χ1n) is 7.70. The van der Waals surface area contributed by atoms with Gasteiger partial charge in [0.05, 0.1) is 17.2 Å². The van der Waals surface area contributed by atoms with Crippen molar-refractivity contribution in [2.75, 3.05) is 6.54 Å². The number of amides is 1. The van der Waals surface area contributed by atoms with Gasteiger partial charge < -0.3 is 14.8 Å². The summed E-state index contributed by atoms with van der Waals surface area (Å²) in [6.45, 7) is 0.146. The molecule has 1 aromatic carbocycles. The maximum atomic E-state index is 13.7. The molecule has 7 heteroatoms. The Morgan fingerprint density at radius 2 is 2.08 bits per heavy atom. The van der Waals surface area contributed by atoms with Gasteiger partial charge in [0.15, 0.2) is 11.7 Å². The molecule has 3 rings (SSSR count). The van der Waals surface area contributed by atoms with Gasteiger partial charge in [0.25, 0.3) is 0 Å². The zero-order valence-corrected chi connectivity index (χ0v) is 12.9.